The van der Waals surface area contributed by atoms with Crippen LogP contribution in [-0.2, 0) is 4.74 Å². The van der Waals surface area contributed by atoms with Crippen molar-refractivity contribution in [2.45, 2.75) is 6.92 Å². The molecule has 0 saturated carbocycles. The maximum absolute atomic E-state index is 5.50. The fourth-order valence-corrected chi connectivity index (χ4v) is 3.45. The number of benzene rings is 1. The van der Waals surface area contributed by atoms with Crippen LogP contribution in [0.5, 0.6) is 0 Å². The van der Waals surface area contributed by atoms with Crippen LogP contribution in [-0.4, -0.2) is 52.1 Å². The van der Waals surface area contributed by atoms with E-state index in [9.17, 15) is 0 Å². The predicted octanol–water partition coefficient (Wildman–Crippen LogP) is 2.98. The average Bonchev–Trinajstić information content (AvgIpc) is 3.44. The second kappa shape index (κ2) is 7.96. The number of hydrogen-bond donors (Lipinski definition) is 1. The lowest BCUT2D eigenvalue weighted by molar-refractivity contribution is 0.122. The Morgan fingerprint density at radius 1 is 1.20 bits per heavy atom. The van der Waals surface area contributed by atoms with Crippen molar-refractivity contribution in [2.24, 2.45) is 5.10 Å². The fourth-order valence-electron chi connectivity index (χ4n) is 3.45. The lowest BCUT2D eigenvalue weighted by Crippen LogP contribution is -2.37. The number of aromatic nitrogens is 4. The number of oxazole rings is 1. The van der Waals surface area contributed by atoms with E-state index < -0.39 is 0 Å². The Bertz CT molecular complexity index is 1180. The van der Waals surface area contributed by atoms with Crippen molar-refractivity contribution in [3.05, 3.63) is 60.2 Å². The number of morpholine rings is 1. The summed E-state index contributed by atoms with van der Waals surface area (Å²) in [5.74, 6) is 1.92. The molecule has 1 fully saturated rings. The van der Waals surface area contributed by atoms with Gasteiger partial charge in [0, 0.05) is 24.8 Å². The molecule has 1 aromatic carbocycles. The topological polar surface area (TPSA) is 93.1 Å². The zero-order valence-corrected chi connectivity index (χ0v) is 16.5. The molecule has 5 rings (SSSR count). The highest BCUT2D eigenvalue weighted by atomic mass is 16.5. The minimum Gasteiger partial charge on any atom is -0.443 e. The van der Waals surface area contributed by atoms with Crippen LogP contribution in [0.25, 0.3) is 16.8 Å². The smallest absolute Gasteiger partial charge is 0.263 e. The summed E-state index contributed by atoms with van der Waals surface area (Å²) >= 11 is 0. The number of rotatable bonds is 5. The van der Waals surface area contributed by atoms with Crippen LogP contribution in [0, 0.1) is 6.92 Å². The van der Waals surface area contributed by atoms with Gasteiger partial charge in [-0.05, 0) is 18.6 Å². The van der Waals surface area contributed by atoms with Gasteiger partial charge in [0.05, 0.1) is 25.6 Å². The molecule has 4 heterocycles. The van der Waals surface area contributed by atoms with E-state index in [-0.39, 0.29) is 0 Å². The summed E-state index contributed by atoms with van der Waals surface area (Å²) in [6, 6.07) is 10.1. The normalized spacial score (nSPS) is 14.6. The first-order valence-electron chi connectivity index (χ1n) is 9.74. The van der Waals surface area contributed by atoms with Crippen LogP contribution in [0.15, 0.2) is 58.6 Å². The van der Waals surface area contributed by atoms with Gasteiger partial charge in [0.2, 0.25) is 0 Å². The Morgan fingerprint density at radius 2 is 2.10 bits per heavy atom. The number of hydrogen-bond acceptors (Lipinski definition) is 8. The van der Waals surface area contributed by atoms with Crippen molar-refractivity contribution in [1.82, 2.24) is 19.6 Å². The Hall–Kier alpha value is -3.72. The van der Waals surface area contributed by atoms with Crippen molar-refractivity contribution in [3.63, 3.8) is 0 Å². The molecule has 1 aliphatic rings. The highest BCUT2D eigenvalue weighted by molar-refractivity contribution is 5.80. The van der Waals surface area contributed by atoms with E-state index >= 15 is 0 Å². The highest BCUT2D eigenvalue weighted by Crippen LogP contribution is 2.28. The summed E-state index contributed by atoms with van der Waals surface area (Å²) in [7, 11) is 0. The molecule has 0 aliphatic carbocycles. The summed E-state index contributed by atoms with van der Waals surface area (Å²) < 4.78 is 12.7. The monoisotopic (exact) mass is 403 g/mol. The quantitative estimate of drug-likeness (QED) is 0.404. The molecule has 1 aliphatic heterocycles. The van der Waals surface area contributed by atoms with Crippen molar-refractivity contribution >= 4 is 23.5 Å². The van der Waals surface area contributed by atoms with E-state index in [0.29, 0.717) is 24.9 Å². The maximum atomic E-state index is 5.50. The average molecular weight is 403 g/mol. The number of ether oxygens (including phenoxy) is 1. The van der Waals surface area contributed by atoms with Gasteiger partial charge < -0.3 is 14.1 Å². The Morgan fingerprint density at radius 3 is 2.90 bits per heavy atom. The second-order valence-corrected chi connectivity index (χ2v) is 7.07. The summed E-state index contributed by atoms with van der Waals surface area (Å²) in [6.45, 7) is 4.91. The third-order valence-corrected chi connectivity index (χ3v) is 4.89. The minimum atomic E-state index is 0.410. The molecule has 0 atom stereocenters. The lowest BCUT2D eigenvalue weighted by Gasteiger charge is -2.28. The lowest BCUT2D eigenvalue weighted by atomic mass is 10.2. The second-order valence-electron chi connectivity index (χ2n) is 7.07. The van der Waals surface area contributed by atoms with Crippen LogP contribution in [0.1, 0.15) is 11.1 Å². The summed E-state index contributed by atoms with van der Waals surface area (Å²) in [5.41, 5.74) is 6.92. The molecule has 152 valence electrons. The molecule has 0 unspecified atom stereocenters. The van der Waals surface area contributed by atoms with Gasteiger partial charge in [0.1, 0.15) is 5.52 Å². The number of nitrogens with one attached hydrogen (secondary N) is 1. The zero-order chi connectivity index (χ0) is 20.3. The highest BCUT2D eigenvalue weighted by Gasteiger charge is 2.19. The zero-order valence-electron chi connectivity index (χ0n) is 16.5. The standard InChI is InChI=1S/C21H21N7O2/c1-15-3-2-4-16(9-15)11-23-25-21-24-20(27-5-7-29-8-6-27)18-10-17(13-28(18)26-21)19-12-22-14-30-19/h2-4,9-14H,5-8H2,1H3,(H,25,26)/b23-11+. The Balaban J connectivity index is 1.50. The van der Waals surface area contributed by atoms with E-state index in [1.54, 1.807) is 16.9 Å². The largest absolute Gasteiger partial charge is 0.443 e. The van der Waals surface area contributed by atoms with Crippen LogP contribution in [0.2, 0.25) is 0 Å². The first-order chi connectivity index (χ1) is 14.8. The molecule has 0 amide bonds. The van der Waals surface area contributed by atoms with E-state index in [4.69, 9.17) is 14.1 Å². The van der Waals surface area contributed by atoms with E-state index in [1.807, 2.05) is 24.4 Å². The molecule has 0 spiro atoms. The van der Waals surface area contributed by atoms with Gasteiger partial charge in [0.15, 0.2) is 18.0 Å². The van der Waals surface area contributed by atoms with Gasteiger partial charge in [-0.3, -0.25) is 0 Å². The number of anilines is 2. The van der Waals surface area contributed by atoms with Crippen molar-refractivity contribution in [3.8, 4) is 11.3 Å². The van der Waals surface area contributed by atoms with E-state index in [1.165, 1.54) is 12.0 Å². The molecule has 4 aromatic rings. The third-order valence-electron chi connectivity index (χ3n) is 4.89. The summed E-state index contributed by atoms with van der Waals surface area (Å²) in [6.07, 6.45) is 6.75. The molecule has 30 heavy (non-hydrogen) atoms. The van der Waals surface area contributed by atoms with Crippen LogP contribution in [0.4, 0.5) is 11.8 Å². The molecular weight excluding hydrogens is 382 g/mol. The summed E-state index contributed by atoms with van der Waals surface area (Å²) in [5, 5.41) is 8.89. The third kappa shape index (κ3) is 3.74. The molecule has 9 heteroatoms. The van der Waals surface area contributed by atoms with Gasteiger partial charge in [0.25, 0.3) is 5.95 Å². The van der Waals surface area contributed by atoms with Gasteiger partial charge in [-0.2, -0.15) is 10.1 Å². The van der Waals surface area contributed by atoms with Crippen molar-refractivity contribution < 1.29 is 9.15 Å². The molecule has 1 N–H and O–H groups in total. The number of fused-ring (bicyclic) bond motifs is 1. The maximum Gasteiger partial charge on any atom is 0.263 e. The van der Waals surface area contributed by atoms with Crippen LogP contribution >= 0.6 is 0 Å². The molecule has 0 radical (unpaired) electrons. The number of hydrazone groups is 1. The van der Waals surface area contributed by atoms with Crippen molar-refractivity contribution in [2.75, 3.05) is 36.6 Å². The number of nitrogens with zero attached hydrogens (tertiary/aromatic N) is 6. The molecule has 9 nitrogen and oxygen atoms in total. The van der Waals surface area contributed by atoms with E-state index in [0.717, 1.165) is 35.6 Å². The van der Waals surface area contributed by atoms with Crippen LogP contribution in [0.3, 0.4) is 0 Å². The SMILES string of the molecule is Cc1cccc(/C=N/Nc2nc(N3CCOCC3)c3cc(-c4cnco4)cn3n2)c1. The Kier molecular flexibility index (Phi) is 4.86. The Labute approximate surface area is 173 Å². The molecule has 0 bridgehead atoms. The molecule has 1 saturated heterocycles. The summed E-state index contributed by atoms with van der Waals surface area (Å²) in [4.78, 5) is 10.9. The molecule has 3 aromatic heterocycles. The molecular formula is C21H21N7O2. The van der Waals surface area contributed by atoms with Gasteiger partial charge in [-0.1, -0.05) is 29.8 Å². The first-order valence-corrected chi connectivity index (χ1v) is 9.74. The predicted molar refractivity (Wildman–Crippen MR) is 114 cm³/mol. The minimum absolute atomic E-state index is 0.410. The van der Waals surface area contributed by atoms with E-state index in [2.05, 4.69) is 44.6 Å². The van der Waals surface area contributed by atoms with Gasteiger partial charge in [-0.25, -0.2) is 14.9 Å². The van der Waals surface area contributed by atoms with Gasteiger partial charge in [-0.15, -0.1) is 5.10 Å². The van der Waals surface area contributed by atoms with Crippen molar-refractivity contribution in [1.29, 1.82) is 0 Å². The van der Waals surface area contributed by atoms with Crippen LogP contribution < -0.4 is 10.3 Å². The number of aryl methyl sites for hydroxylation is 1. The first kappa shape index (κ1) is 18.3. The fraction of sp³-hybridized carbons (Fsp3) is 0.238. The van der Waals surface area contributed by atoms with Gasteiger partial charge >= 0.3 is 0 Å².